The van der Waals surface area contributed by atoms with Crippen LogP contribution in [0.15, 0.2) is 9.87 Å². The SMILES string of the molecule is [CH-]=CC(=O)N[N]=[Zn]. The van der Waals surface area contributed by atoms with Crippen LogP contribution in [-0.2, 0) is 22.9 Å². The van der Waals surface area contributed by atoms with Gasteiger partial charge < -0.3 is 0 Å². The molecule has 0 aromatic heterocycles. The molecule has 1 amide bonds. The van der Waals surface area contributed by atoms with Crippen LogP contribution in [0.5, 0.6) is 0 Å². The Kier molecular flexibility index (Phi) is 3.61. The standard InChI is InChI=1S/C3H3N2O.Zn/c1-2-3(6)5-4;/h1-2H,(H,5,6);/q-1;. The molecular formula is C3H3N2OZn-. The van der Waals surface area contributed by atoms with Crippen LogP contribution in [0.25, 0.3) is 0 Å². The van der Waals surface area contributed by atoms with E-state index in [4.69, 9.17) is 6.58 Å². The zero-order valence-electron chi connectivity index (χ0n) is 3.72. The normalized spacial score (nSPS) is 7.14. The summed E-state index contributed by atoms with van der Waals surface area (Å²) in [6, 6.07) is 0. The first-order valence-corrected chi connectivity index (χ1v) is 2.94. The summed E-state index contributed by atoms with van der Waals surface area (Å²) < 4.78 is 3.42. The molecule has 0 aliphatic rings. The van der Waals surface area contributed by atoms with E-state index in [1.165, 1.54) is 0 Å². The first kappa shape index (κ1) is 6.63. The molecule has 0 spiro atoms. The van der Waals surface area contributed by atoms with Gasteiger partial charge in [-0.05, 0) is 0 Å². The molecule has 7 heavy (non-hydrogen) atoms. The van der Waals surface area contributed by atoms with Crippen LogP contribution in [-0.4, -0.2) is 5.91 Å². The van der Waals surface area contributed by atoms with Gasteiger partial charge in [0.25, 0.3) is 0 Å². The molecule has 0 atom stereocenters. The van der Waals surface area contributed by atoms with Crippen LogP contribution in [0.1, 0.15) is 0 Å². The van der Waals surface area contributed by atoms with E-state index in [1.54, 1.807) is 0 Å². The van der Waals surface area contributed by atoms with Gasteiger partial charge in [0.05, 0.1) is 0 Å². The first-order valence-electron chi connectivity index (χ1n) is 1.62. The Balaban J connectivity index is 3.36. The van der Waals surface area contributed by atoms with Crippen molar-refractivity contribution in [2.45, 2.75) is 0 Å². The molecule has 3 nitrogen and oxygen atoms in total. The van der Waals surface area contributed by atoms with Gasteiger partial charge in [-0.15, -0.1) is 0 Å². The number of carbonyl (C=O) groups excluding carboxylic acids is 1. The van der Waals surface area contributed by atoms with Crippen LogP contribution in [0.3, 0.4) is 0 Å². The van der Waals surface area contributed by atoms with Crippen LogP contribution >= 0.6 is 0 Å². The van der Waals surface area contributed by atoms with Crippen molar-refractivity contribution in [2.24, 2.45) is 3.79 Å². The van der Waals surface area contributed by atoms with Gasteiger partial charge >= 0.3 is 50.7 Å². The molecule has 0 rings (SSSR count). The minimum atomic E-state index is -0.355. The molecule has 0 aromatic rings. The van der Waals surface area contributed by atoms with E-state index in [2.05, 4.69) is 9.22 Å². The average Bonchev–Trinajstić information content (AvgIpc) is 1.68. The summed E-state index contributed by atoms with van der Waals surface area (Å²) in [4.78, 5) is 10.0. The average molecular weight is 148 g/mol. The zero-order chi connectivity index (χ0) is 5.70. The molecule has 4 heteroatoms. The van der Waals surface area contributed by atoms with Gasteiger partial charge in [0.2, 0.25) is 0 Å². The van der Waals surface area contributed by atoms with Crippen molar-refractivity contribution in [1.29, 1.82) is 0 Å². The van der Waals surface area contributed by atoms with Crippen LogP contribution < -0.4 is 5.43 Å². The maximum absolute atomic E-state index is 10.0. The second-order valence-electron chi connectivity index (χ2n) is 0.801. The Morgan fingerprint density at radius 3 is 2.71 bits per heavy atom. The monoisotopic (exact) mass is 147 g/mol. The molecule has 34 valence electrons. The second-order valence-corrected chi connectivity index (χ2v) is 1.46. The summed E-state index contributed by atoms with van der Waals surface area (Å²) >= 11 is 0.694. The van der Waals surface area contributed by atoms with Gasteiger partial charge in [0, 0.05) is 0 Å². The van der Waals surface area contributed by atoms with E-state index in [-0.39, 0.29) is 5.91 Å². The summed E-state index contributed by atoms with van der Waals surface area (Å²) in [6.45, 7) is 4.77. The molecule has 0 unspecified atom stereocenters. The van der Waals surface area contributed by atoms with Gasteiger partial charge in [-0.3, -0.25) is 0 Å². The molecule has 0 aliphatic carbocycles. The van der Waals surface area contributed by atoms with Crippen molar-refractivity contribution in [3.05, 3.63) is 12.7 Å². The van der Waals surface area contributed by atoms with Crippen molar-refractivity contribution < 1.29 is 22.9 Å². The third-order valence-electron chi connectivity index (χ3n) is 0.341. The van der Waals surface area contributed by atoms with E-state index in [1.807, 2.05) is 0 Å². The number of hydrogen-bond acceptors (Lipinski definition) is 2. The zero-order valence-corrected chi connectivity index (χ0v) is 6.68. The van der Waals surface area contributed by atoms with E-state index in [0.717, 1.165) is 6.08 Å². The Labute approximate surface area is 51.3 Å². The van der Waals surface area contributed by atoms with Crippen LogP contribution in [0.4, 0.5) is 0 Å². The molecule has 0 aliphatic heterocycles. The third-order valence-corrected chi connectivity index (χ3v) is 0.672. The quantitative estimate of drug-likeness (QED) is 0.249. The van der Waals surface area contributed by atoms with Crippen LogP contribution in [0.2, 0.25) is 0 Å². The Morgan fingerprint density at radius 2 is 2.57 bits per heavy atom. The van der Waals surface area contributed by atoms with E-state index in [9.17, 15) is 4.79 Å². The van der Waals surface area contributed by atoms with Gasteiger partial charge in [-0.2, -0.15) is 0 Å². The fraction of sp³-hybridized carbons (Fsp3) is 0. The maximum atomic E-state index is 10.0. The summed E-state index contributed by atoms with van der Waals surface area (Å²) in [5, 5.41) is 0. The van der Waals surface area contributed by atoms with E-state index >= 15 is 0 Å². The number of nitrogens with one attached hydrogen (secondary N) is 1. The molecule has 0 radical (unpaired) electrons. The Morgan fingerprint density at radius 1 is 2.00 bits per heavy atom. The fourth-order valence-corrected chi connectivity index (χ4v) is 0.442. The number of amides is 1. The first-order chi connectivity index (χ1) is 3.31. The molecule has 0 saturated carbocycles. The molecule has 0 bridgehead atoms. The number of nitrogens with zero attached hydrogens (tertiary/aromatic N) is 1. The van der Waals surface area contributed by atoms with Crippen molar-refractivity contribution in [1.82, 2.24) is 5.43 Å². The number of carbonyl (C=O) groups is 1. The Hall–Kier alpha value is -0.367. The fourth-order valence-electron chi connectivity index (χ4n) is 0.115. The third kappa shape index (κ3) is 3.46. The van der Waals surface area contributed by atoms with Crippen molar-refractivity contribution in [3.8, 4) is 0 Å². The Bertz CT molecular complexity index is 101. The summed E-state index contributed by atoms with van der Waals surface area (Å²) in [7, 11) is 0. The summed E-state index contributed by atoms with van der Waals surface area (Å²) in [6.07, 6.45) is 0.930. The molecular weight excluding hydrogens is 145 g/mol. The molecule has 0 aromatic carbocycles. The molecule has 1 N–H and O–H groups in total. The minimum absolute atomic E-state index is 0.355. The molecule has 0 saturated heterocycles. The van der Waals surface area contributed by atoms with Crippen molar-refractivity contribution in [3.63, 3.8) is 0 Å². The van der Waals surface area contributed by atoms with Gasteiger partial charge in [-0.1, -0.05) is 0 Å². The molecule has 0 fully saturated rings. The van der Waals surface area contributed by atoms with E-state index in [0.29, 0.717) is 18.1 Å². The van der Waals surface area contributed by atoms with Gasteiger partial charge in [0.15, 0.2) is 0 Å². The summed E-state index contributed by atoms with van der Waals surface area (Å²) in [5.74, 6) is -0.355. The van der Waals surface area contributed by atoms with Gasteiger partial charge in [-0.25, -0.2) is 0 Å². The summed E-state index contributed by atoms with van der Waals surface area (Å²) in [5.41, 5.74) is 2.16. The van der Waals surface area contributed by atoms with Gasteiger partial charge in [0.1, 0.15) is 0 Å². The predicted octanol–water partition coefficient (Wildman–Crippen LogP) is -0.263. The topological polar surface area (TPSA) is 41.5 Å². The number of rotatable bonds is 2. The van der Waals surface area contributed by atoms with Crippen molar-refractivity contribution in [2.75, 3.05) is 0 Å². The molecule has 0 heterocycles. The van der Waals surface area contributed by atoms with E-state index < -0.39 is 0 Å². The van der Waals surface area contributed by atoms with Crippen LogP contribution in [0, 0.1) is 6.58 Å². The van der Waals surface area contributed by atoms with Crippen molar-refractivity contribution >= 4 is 5.91 Å². The number of hydrogen-bond donors (Lipinski definition) is 1. The predicted molar refractivity (Wildman–Crippen MR) is 19.4 cm³/mol. The second kappa shape index (κ2) is 3.81.